The number of amides is 1. The Bertz CT molecular complexity index is 648. The van der Waals surface area contributed by atoms with E-state index in [1.165, 1.54) is 21.2 Å². The van der Waals surface area contributed by atoms with Crippen molar-refractivity contribution in [2.24, 2.45) is 0 Å². The molecule has 1 aliphatic heterocycles. The lowest BCUT2D eigenvalue weighted by molar-refractivity contribution is 0.105. The maximum Gasteiger partial charge on any atom is 0.407 e. The van der Waals surface area contributed by atoms with Gasteiger partial charge >= 0.3 is 6.09 Å². The van der Waals surface area contributed by atoms with E-state index < -0.39 is 6.09 Å². The van der Waals surface area contributed by atoms with Crippen LogP contribution in [0.1, 0.15) is 12.0 Å². The predicted molar refractivity (Wildman–Crippen MR) is 88.3 cm³/mol. The number of aryl methyl sites for hydroxylation is 1. The van der Waals surface area contributed by atoms with E-state index in [9.17, 15) is 4.79 Å². The Kier molecular flexibility index (Phi) is 4.59. The fourth-order valence-corrected chi connectivity index (χ4v) is 3.06. The SMILES string of the molecule is O=C(O)N1CCN(CCCc2ccc3ccccc3c2)CC1. The van der Waals surface area contributed by atoms with E-state index in [0.717, 1.165) is 32.5 Å². The summed E-state index contributed by atoms with van der Waals surface area (Å²) < 4.78 is 0. The van der Waals surface area contributed by atoms with Gasteiger partial charge in [-0.2, -0.15) is 0 Å². The molecule has 2 aromatic rings. The Hall–Kier alpha value is -2.07. The van der Waals surface area contributed by atoms with Crippen molar-refractivity contribution in [2.45, 2.75) is 12.8 Å². The number of hydrogen-bond acceptors (Lipinski definition) is 2. The third kappa shape index (κ3) is 3.57. The molecule has 3 rings (SSSR count). The molecular formula is C18H22N2O2. The van der Waals surface area contributed by atoms with E-state index in [1.54, 1.807) is 0 Å². The summed E-state index contributed by atoms with van der Waals surface area (Å²) in [5.74, 6) is 0. The fraction of sp³-hybridized carbons (Fsp3) is 0.389. The zero-order chi connectivity index (χ0) is 15.4. The highest BCUT2D eigenvalue weighted by molar-refractivity contribution is 5.82. The lowest BCUT2D eigenvalue weighted by Gasteiger charge is -2.33. The van der Waals surface area contributed by atoms with Gasteiger partial charge in [0, 0.05) is 26.2 Å². The molecule has 0 unspecified atom stereocenters. The van der Waals surface area contributed by atoms with Crippen LogP contribution < -0.4 is 0 Å². The van der Waals surface area contributed by atoms with Crippen LogP contribution in [0, 0.1) is 0 Å². The molecular weight excluding hydrogens is 276 g/mol. The normalized spacial score (nSPS) is 16.1. The molecule has 1 amide bonds. The van der Waals surface area contributed by atoms with Gasteiger partial charge in [0.05, 0.1) is 0 Å². The zero-order valence-corrected chi connectivity index (χ0v) is 12.7. The minimum Gasteiger partial charge on any atom is -0.465 e. The minimum atomic E-state index is -0.796. The monoisotopic (exact) mass is 298 g/mol. The molecule has 2 aromatic carbocycles. The molecule has 0 atom stereocenters. The highest BCUT2D eigenvalue weighted by Crippen LogP contribution is 2.16. The van der Waals surface area contributed by atoms with Crippen LogP contribution in [0.4, 0.5) is 4.79 Å². The number of benzene rings is 2. The van der Waals surface area contributed by atoms with Gasteiger partial charge in [-0.25, -0.2) is 4.79 Å². The summed E-state index contributed by atoms with van der Waals surface area (Å²) in [4.78, 5) is 14.7. The van der Waals surface area contributed by atoms with Crippen molar-refractivity contribution in [2.75, 3.05) is 32.7 Å². The maximum absolute atomic E-state index is 10.9. The molecule has 0 radical (unpaired) electrons. The number of carboxylic acid groups (broad SMARTS) is 1. The number of piperazine rings is 1. The van der Waals surface area contributed by atoms with E-state index in [-0.39, 0.29) is 0 Å². The zero-order valence-electron chi connectivity index (χ0n) is 12.7. The van der Waals surface area contributed by atoms with Crippen molar-refractivity contribution >= 4 is 16.9 Å². The number of carbonyl (C=O) groups is 1. The van der Waals surface area contributed by atoms with Gasteiger partial charge in [0.25, 0.3) is 0 Å². The molecule has 1 fully saturated rings. The van der Waals surface area contributed by atoms with Crippen LogP contribution in [0.15, 0.2) is 42.5 Å². The Morgan fingerprint density at radius 1 is 1.00 bits per heavy atom. The van der Waals surface area contributed by atoms with Gasteiger partial charge in [0.15, 0.2) is 0 Å². The Morgan fingerprint density at radius 3 is 2.45 bits per heavy atom. The van der Waals surface area contributed by atoms with Crippen LogP contribution in [0.3, 0.4) is 0 Å². The second-order valence-corrected chi connectivity index (χ2v) is 5.90. The van der Waals surface area contributed by atoms with Crippen LogP contribution in [-0.2, 0) is 6.42 Å². The number of nitrogens with zero attached hydrogens (tertiary/aromatic N) is 2. The van der Waals surface area contributed by atoms with Crippen LogP contribution >= 0.6 is 0 Å². The highest BCUT2D eigenvalue weighted by atomic mass is 16.4. The molecule has 4 nitrogen and oxygen atoms in total. The van der Waals surface area contributed by atoms with Gasteiger partial charge in [-0.3, -0.25) is 4.90 Å². The van der Waals surface area contributed by atoms with Crippen molar-refractivity contribution in [3.63, 3.8) is 0 Å². The predicted octanol–water partition coefficient (Wildman–Crippen LogP) is 3.07. The maximum atomic E-state index is 10.9. The van der Waals surface area contributed by atoms with Gasteiger partial charge in [-0.15, -0.1) is 0 Å². The third-order valence-corrected chi connectivity index (χ3v) is 4.40. The first-order chi connectivity index (χ1) is 10.7. The van der Waals surface area contributed by atoms with Gasteiger partial charge in [-0.05, 0) is 35.7 Å². The van der Waals surface area contributed by atoms with Crippen LogP contribution in [-0.4, -0.2) is 53.7 Å². The summed E-state index contributed by atoms with van der Waals surface area (Å²) in [5, 5.41) is 11.5. The topological polar surface area (TPSA) is 43.8 Å². The molecule has 0 aromatic heterocycles. The van der Waals surface area contributed by atoms with Crippen LogP contribution in [0.25, 0.3) is 10.8 Å². The molecule has 0 bridgehead atoms. The highest BCUT2D eigenvalue weighted by Gasteiger charge is 2.19. The Morgan fingerprint density at radius 2 is 1.73 bits per heavy atom. The second-order valence-electron chi connectivity index (χ2n) is 5.90. The number of hydrogen-bond donors (Lipinski definition) is 1. The van der Waals surface area contributed by atoms with E-state index in [2.05, 4.69) is 47.4 Å². The lowest BCUT2D eigenvalue weighted by atomic mass is 10.0. The van der Waals surface area contributed by atoms with E-state index in [0.29, 0.717) is 13.1 Å². The van der Waals surface area contributed by atoms with Crippen molar-refractivity contribution in [3.8, 4) is 0 Å². The number of fused-ring (bicyclic) bond motifs is 1. The second kappa shape index (κ2) is 6.79. The molecule has 1 saturated heterocycles. The van der Waals surface area contributed by atoms with Crippen molar-refractivity contribution in [1.82, 2.24) is 9.80 Å². The van der Waals surface area contributed by atoms with E-state index >= 15 is 0 Å². The van der Waals surface area contributed by atoms with E-state index in [4.69, 9.17) is 5.11 Å². The van der Waals surface area contributed by atoms with E-state index in [1.807, 2.05) is 0 Å². The van der Waals surface area contributed by atoms with Gasteiger partial charge in [0.1, 0.15) is 0 Å². The van der Waals surface area contributed by atoms with Gasteiger partial charge in [0.2, 0.25) is 0 Å². The molecule has 0 aliphatic carbocycles. The summed E-state index contributed by atoms with van der Waals surface area (Å²) in [6.07, 6.45) is 1.39. The molecule has 4 heteroatoms. The summed E-state index contributed by atoms with van der Waals surface area (Å²) in [6, 6.07) is 15.1. The molecule has 116 valence electrons. The molecule has 1 heterocycles. The summed E-state index contributed by atoms with van der Waals surface area (Å²) in [6.45, 7) is 4.00. The standard InChI is InChI=1S/C18H22N2O2/c21-18(22)20-12-10-19(11-13-20)9-3-4-15-7-8-16-5-1-2-6-17(16)14-15/h1-2,5-8,14H,3-4,9-13H2,(H,21,22). The minimum absolute atomic E-state index is 0.630. The lowest BCUT2D eigenvalue weighted by Crippen LogP contribution is -2.48. The first-order valence-corrected chi connectivity index (χ1v) is 7.90. The largest absolute Gasteiger partial charge is 0.465 e. The first kappa shape index (κ1) is 14.9. The van der Waals surface area contributed by atoms with Crippen molar-refractivity contribution in [3.05, 3.63) is 48.0 Å². The molecule has 1 N–H and O–H groups in total. The van der Waals surface area contributed by atoms with Crippen molar-refractivity contribution in [1.29, 1.82) is 0 Å². The first-order valence-electron chi connectivity index (χ1n) is 7.90. The summed E-state index contributed by atoms with van der Waals surface area (Å²) >= 11 is 0. The Balaban J connectivity index is 1.47. The van der Waals surface area contributed by atoms with Crippen LogP contribution in [0.2, 0.25) is 0 Å². The molecule has 22 heavy (non-hydrogen) atoms. The summed E-state index contributed by atoms with van der Waals surface area (Å²) in [5.41, 5.74) is 1.38. The van der Waals surface area contributed by atoms with Crippen molar-refractivity contribution < 1.29 is 9.90 Å². The average Bonchev–Trinajstić information content (AvgIpc) is 2.55. The average molecular weight is 298 g/mol. The quantitative estimate of drug-likeness (QED) is 0.943. The number of rotatable bonds is 4. The summed E-state index contributed by atoms with van der Waals surface area (Å²) in [7, 11) is 0. The Labute approximate surface area is 131 Å². The van der Waals surface area contributed by atoms with Gasteiger partial charge < -0.3 is 10.0 Å². The van der Waals surface area contributed by atoms with Gasteiger partial charge in [-0.1, -0.05) is 42.5 Å². The fourth-order valence-electron chi connectivity index (χ4n) is 3.06. The van der Waals surface area contributed by atoms with Crippen LogP contribution in [0.5, 0.6) is 0 Å². The smallest absolute Gasteiger partial charge is 0.407 e. The molecule has 1 aliphatic rings. The third-order valence-electron chi connectivity index (χ3n) is 4.40. The molecule has 0 saturated carbocycles. The molecule has 0 spiro atoms.